The summed E-state index contributed by atoms with van der Waals surface area (Å²) < 4.78 is 1.08. The van der Waals surface area contributed by atoms with Gasteiger partial charge in [-0.25, -0.2) is 0 Å². The van der Waals surface area contributed by atoms with Gasteiger partial charge in [-0.3, -0.25) is 4.98 Å². The first-order valence-corrected chi connectivity index (χ1v) is 8.03. The van der Waals surface area contributed by atoms with E-state index >= 15 is 0 Å². The fraction of sp³-hybridized carbons (Fsp3) is 0.353. The van der Waals surface area contributed by atoms with Crippen LogP contribution in [0.2, 0.25) is 0 Å². The SMILES string of the molecule is CN(CCc1ccncc1)CCC(N)c1cccc(Br)c1. The van der Waals surface area contributed by atoms with Crippen LogP contribution in [0.1, 0.15) is 23.6 Å². The first-order valence-electron chi connectivity index (χ1n) is 7.23. The van der Waals surface area contributed by atoms with Crippen LogP contribution in [0.25, 0.3) is 0 Å². The molecule has 1 unspecified atom stereocenters. The van der Waals surface area contributed by atoms with Crippen molar-refractivity contribution >= 4 is 15.9 Å². The van der Waals surface area contributed by atoms with Crippen LogP contribution in [0.3, 0.4) is 0 Å². The molecule has 0 bridgehead atoms. The molecule has 0 saturated heterocycles. The molecule has 2 aromatic rings. The number of pyridine rings is 1. The molecule has 4 heteroatoms. The van der Waals surface area contributed by atoms with E-state index in [-0.39, 0.29) is 6.04 Å². The van der Waals surface area contributed by atoms with Crippen LogP contribution in [0.5, 0.6) is 0 Å². The number of hydrogen-bond acceptors (Lipinski definition) is 3. The molecule has 0 amide bonds. The summed E-state index contributed by atoms with van der Waals surface area (Å²) in [4.78, 5) is 6.37. The maximum absolute atomic E-state index is 6.26. The van der Waals surface area contributed by atoms with Crippen LogP contribution in [0.15, 0.2) is 53.3 Å². The van der Waals surface area contributed by atoms with Crippen molar-refractivity contribution in [1.82, 2.24) is 9.88 Å². The summed E-state index contributed by atoms with van der Waals surface area (Å²) >= 11 is 3.49. The maximum Gasteiger partial charge on any atom is 0.0307 e. The van der Waals surface area contributed by atoms with Crippen molar-refractivity contribution in [3.8, 4) is 0 Å². The summed E-state index contributed by atoms with van der Waals surface area (Å²) in [6, 6.07) is 12.5. The second-order valence-electron chi connectivity index (χ2n) is 5.36. The van der Waals surface area contributed by atoms with Crippen molar-refractivity contribution in [3.63, 3.8) is 0 Å². The fourth-order valence-corrected chi connectivity index (χ4v) is 2.66. The van der Waals surface area contributed by atoms with Gasteiger partial charge in [0.25, 0.3) is 0 Å². The molecule has 21 heavy (non-hydrogen) atoms. The number of hydrogen-bond donors (Lipinski definition) is 1. The van der Waals surface area contributed by atoms with Crippen molar-refractivity contribution < 1.29 is 0 Å². The molecular formula is C17H22BrN3. The highest BCUT2D eigenvalue weighted by Crippen LogP contribution is 2.19. The average Bonchev–Trinajstić information content (AvgIpc) is 2.51. The lowest BCUT2D eigenvalue weighted by Gasteiger charge is -2.19. The summed E-state index contributed by atoms with van der Waals surface area (Å²) in [5.74, 6) is 0. The molecule has 0 aliphatic rings. The fourth-order valence-electron chi connectivity index (χ4n) is 2.24. The van der Waals surface area contributed by atoms with E-state index in [9.17, 15) is 0 Å². The van der Waals surface area contributed by atoms with Gasteiger partial charge in [-0.2, -0.15) is 0 Å². The molecule has 2 rings (SSSR count). The molecule has 112 valence electrons. The number of likely N-dealkylation sites (N-methyl/N-ethyl adjacent to an activating group) is 1. The quantitative estimate of drug-likeness (QED) is 0.834. The third-order valence-corrected chi connectivity index (χ3v) is 4.12. The van der Waals surface area contributed by atoms with E-state index in [1.807, 2.05) is 24.5 Å². The van der Waals surface area contributed by atoms with Gasteiger partial charge < -0.3 is 10.6 Å². The third-order valence-electron chi connectivity index (χ3n) is 3.63. The maximum atomic E-state index is 6.26. The van der Waals surface area contributed by atoms with Crippen molar-refractivity contribution in [2.45, 2.75) is 18.9 Å². The van der Waals surface area contributed by atoms with Gasteiger partial charge in [-0.15, -0.1) is 0 Å². The zero-order valence-corrected chi connectivity index (χ0v) is 14.0. The van der Waals surface area contributed by atoms with E-state index in [0.29, 0.717) is 0 Å². The highest BCUT2D eigenvalue weighted by atomic mass is 79.9. The molecule has 3 nitrogen and oxygen atoms in total. The van der Waals surface area contributed by atoms with Gasteiger partial charge >= 0.3 is 0 Å². The van der Waals surface area contributed by atoms with Crippen LogP contribution in [-0.2, 0) is 6.42 Å². The Morgan fingerprint density at radius 3 is 2.67 bits per heavy atom. The Bertz CT molecular complexity index is 545. The Morgan fingerprint density at radius 1 is 1.19 bits per heavy atom. The zero-order valence-electron chi connectivity index (χ0n) is 12.4. The highest BCUT2D eigenvalue weighted by molar-refractivity contribution is 9.10. The predicted octanol–water partition coefficient (Wildman–Crippen LogP) is 3.41. The number of rotatable bonds is 7. The molecule has 0 spiro atoms. The Balaban J connectivity index is 1.74. The number of nitrogens with two attached hydrogens (primary N) is 1. The first-order chi connectivity index (χ1) is 10.1. The summed E-state index contributed by atoms with van der Waals surface area (Å²) in [5, 5.41) is 0. The van der Waals surface area contributed by atoms with Gasteiger partial charge in [-0.05, 0) is 61.8 Å². The first kappa shape index (κ1) is 16.1. The van der Waals surface area contributed by atoms with Gasteiger partial charge in [0.2, 0.25) is 0 Å². The second kappa shape index (κ2) is 8.27. The molecule has 1 aromatic heterocycles. The van der Waals surface area contributed by atoms with Crippen LogP contribution in [-0.4, -0.2) is 30.0 Å². The molecule has 0 aliphatic heterocycles. The second-order valence-corrected chi connectivity index (χ2v) is 6.27. The van der Waals surface area contributed by atoms with Crippen LogP contribution in [0, 0.1) is 0 Å². The van der Waals surface area contributed by atoms with Crippen molar-refractivity contribution in [2.75, 3.05) is 20.1 Å². The topological polar surface area (TPSA) is 42.2 Å². The van der Waals surface area contributed by atoms with E-state index in [4.69, 9.17) is 5.73 Å². The minimum atomic E-state index is 0.0888. The Morgan fingerprint density at radius 2 is 1.95 bits per heavy atom. The largest absolute Gasteiger partial charge is 0.324 e. The Kier molecular flexibility index (Phi) is 6.36. The Hall–Kier alpha value is -1.23. The minimum absolute atomic E-state index is 0.0888. The number of aromatic nitrogens is 1. The van der Waals surface area contributed by atoms with Gasteiger partial charge in [-0.1, -0.05) is 28.1 Å². The molecule has 1 atom stereocenters. The monoisotopic (exact) mass is 347 g/mol. The summed E-state index contributed by atoms with van der Waals surface area (Å²) in [7, 11) is 2.15. The van der Waals surface area contributed by atoms with Gasteiger partial charge in [0.15, 0.2) is 0 Å². The van der Waals surface area contributed by atoms with E-state index in [1.165, 1.54) is 11.1 Å². The summed E-state index contributed by atoms with van der Waals surface area (Å²) in [6.07, 6.45) is 5.70. The lowest BCUT2D eigenvalue weighted by Crippen LogP contribution is -2.25. The summed E-state index contributed by atoms with van der Waals surface area (Å²) in [5.41, 5.74) is 8.78. The zero-order chi connectivity index (χ0) is 15.1. The minimum Gasteiger partial charge on any atom is -0.324 e. The van der Waals surface area contributed by atoms with E-state index in [1.54, 1.807) is 0 Å². The smallest absolute Gasteiger partial charge is 0.0307 e. The molecule has 1 aromatic carbocycles. The lowest BCUT2D eigenvalue weighted by atomic mass is 10.0. The average molecular weight is 348 g/mol. The van der Waals surface area contributed by atoms with E-state index < -0.39 is 0 Å². The van der Waals surface area contributed by atoms with Gasteiger partial charge in [0.05, 0.1) is 0 Å². The molecule has 0 saturated carbocycles. The summed E-state index contributed by atoms with van der Waals surface area (Å²) in [6.45, 7) is 2.04. The Labute approximate surface area is 135 Å². The van der Waals surface area contributed by atoms with Gasteiger partial charge in [0, 0.05) is 29.5 Å². The molecule has 0 radical (unpaired) electrons. The molecule has 0 fully saturated rings. The van der Waals surface area contributed by atoms with Crippen molar-refractivity contribution in [1.29, 1.82) is 0 Å². The predicted molar refractivity (Wildman–Crippen MR) is 91.1 cm³/mol. The molecule has 1 heterocycles. The standard InChI is InChI=1S/C17H22BrN3/c1-21(11-7-14-5-9-20-10-6-14)12-8-17(19)15-3-2-4-16(18)13-15/h2-6,9-10,13,17H,7-8,11-12,19H2,1H3. The van der Waals surface area contributed by atoms with Crippen LogP contribution < -0.4 is 5.73 Å². The van der Waals surface area contributed by atoms with Crippen LogP contribution >= 0.6 is 15.9 Å². The van der Waals surface area contributed by atoms with Crippen molar-refractivity contribution in [2.24, 2.45) is 5.73 Å². The third kappa shape index (κ3) is 5.58. The molecular weight excluding hydrogens is 326 g/mol. The number of nitrogens with zero attached hydrogens (tertiary/aromatic N) is 2. The highest BCUT2D eigenvalue weighted by Gasteiger charge is 2.08. The lowest BCUT2D eigenvalue weighted by molar-refractivity contribution is 0.322. The number of benzene rings is 1. The van der Waals surface area contributed by atoms with Crippen molar-refractivity contribution in [3.05, 3.63) is 64.4 Å². The van der Waals surface area contributed by atoms with E-state index in [2.05, 4.69) is 57.1 Å². The number of halogens is 1. The molecule has 2 N–H and O–H groups in total. The van der Waals surface area contributed by atoms with Gasteiger partial charge in [0.1, 0.15) is 0 Å². The normalized spacial score (nSPS) is 12.6. The molecule has 0 aliphatic carbocycles. The van der Waals surface area contributed by atoms with Crippen LogP contribution in [0.4, 0.5) is 0 Å². The van der Waals surface area contributed by atoms with E-state index in [0.717, 1.165) is 30.4 Å².